The van der Waals surface area contributed by atoms with Crippen LogP contribution in [0.5, 0.6) is 0 Å². The number of benzene rings is 2. The molecule has 0 unspecified atom stereocenters. The third-order valence-corrected chi connectivity index (χ3v) is 5.56. The fourth-order valence-electron chi connectivity index (χ4n) is 3.89. The second-order valence-electron chi connectivity index (χ2n) is 7.85. The number of aliphatic carboxylic acids is 1. The average Bonchev–Trinajstić information content (AvgIpc) is 3.44. The minimum absolute atomic E-state index is 0.0177. The van der Waals surface area contributed by atoms with E-state index in [2.05, 4.69) is 20.4 Å². The van der Waals surface area contributed by atoms with Crippen molar-refractivity contribution < 1.29 is 23.5 Å². The highest BCUT2D eigenvalue weighted by Crippen LogP contribution is 2.26. The van der Waals surface area contributed by atoms with Crippen LogP contribution in [0.2, 0.25) is 0 Å². The Hall–Kier alpha value is -4.41. The Bertz CT molecular complexity index is 1390. The number of urea groups is 1. The smallest absolute Gasteiger partial charge is 0.326 e. The molecule has 0 aliphatic carbocycles. The molecule has 1 aliphatic rings. The molecule has 1 aliphatic heterocycles. The molecule has 5 rings (SSSR count). The zero-order chi connectivity index (χ0) is 23.8. The van der Waals surface area contributed by atoms with E-state index in [0.717, 1.165) is 22.1 Å². The van der Waals surface area contributed by atoms with Crippen LogP contribution in [0.15, 0.2) is 60.9 Å². The van der Waals surface area contributed by atoms with Crippen LogP contribution in [0, 0.1) is 5.82 Å². The topological polar surface area (TPSA) is 113 Å². The van der Waals surface area contributed by atoms with Crippen molar-refractivity contribution in [1.82, 2.24) is 24.5 Å². The molecule has 1 fully saturated rings. The van der Waals surface area contributed by atoms with Crippen molar-refractivity contribution in [2.75, 3.05) is 11.9 Å². The molecule has 34 heavy (non-hydrogen) atoms. The van der Waals surface area contributed by atoms with Gasteiger partial charge in [-0.05, 0) is 23.8 Å². The van der Waals surface area contributed by atoms with E-state index in [1.54, 1.807) is 12.4 Å². The van der Waals surface area contributed by atoms with Crippen molar-refractivity contribution in [3.8, 4) is 22.5 Å². The van der Waals surface area contributed by atoms with Crippen LogP contribution in [0.3, 0.4) is 0 Å². The number of amides is 2. The minimum atomic E-state index is -1.42. The molecule has 0 radical (unpaired) electrons. The van der Waals surface area contributed by atoms with Crippen molar-refractivity contribution in [2.45, 2.75) is 18.6 Å². The monoisotopic (exact) mass is 464 g/mol. The second kappa shape index (κ2) is 8.50. The van der Waals surface area contributed by atoms with Crippen LogP contribution in [0.1, 0.15) is 6.42 Å². The number of anilines is 1. The van der Waals surface area contributed by atoms with Gasteiger partial charge in [-0.3, -0.25) is 0 Å². The van der Waals surface area contributed by atoms with Gasteiger partial charge in [0.05, 0.1) is 12.1 Å². The number of rotatable bonds is 4. The summed E-state index contributed by atoms with van der Waals surface area (Å²) >= 11 is 0. The van der Waals surface area contributed by atoms with Gasteiger partial charge in [-0.15, -0.1) is 5.10 Å². The van der Waals surface area contributed by atoms with Crippen molar-refractivity contribution in [1.29, 1.82) is 0 Å². The van der Waals surface area contributed by atoms with E-state index < -0.39 is 30.0 Å². The number of carbonyl (C=O) groups is 2. The number of fused-ring (bicyclic) bond motifs is 1. The fourth-order valence-corrected chi connectivity index (χ4v) is 3.89. The molecule has 4 aromatic rings. The van der Waals surface area contributed by atoms with E-state index in [0.29, 0.717) is 0 Å². The van der Waals surface area contributed by atoms with E-state index >= 15 is 0 Å². The van der Waals surface area contributed by atoms with Gasteiger partial charge >= 0.3 is 12.0 Å². The summed E-state index contributed by atoms with van der Waals surface area (Å²) in [6.07, 6.45) is 1.67. The summed E-state index contributed by atoms with van der Waals surface area (Å²) in [6, 6.07) is 11.3. The Labute approximate surface area is 191 Å². The molecular formula is C23H18F2N6O3. The number of likely N-dealkylation sites (tertiary alicyclic amines) is 1. The number of carbonyl (C=O) groups excluding carboxylic acids is 1. The van der Waals surface area contributed by atoms with Crippen LogP contribution in [-0.4, -0.2) is 60.3 Å². The predicted octanol–water partition coefficient (Wildman–Crippen LogP) is 3.63. The van der Waals surface area contributed by atoms with Crippen LogP contribution < -0.4 is 5.32 Å². The predicted molar refractivity (Wildman–Crippen MR) is 118 cm³/mol. The molecule has 9 nitrogen and oxygen atoms in total. The first-order valence-electron chi connectivity index (χ1n) is 10.4. The largest absolute Gasteiger partial charge is 0.480 e. The molecule has 2 aromatic heterocycles. The molecule has 0 bridgehead atoms. The van der Waals surface area contributed by atoms with Crippen LogP contribution >= 0.6 is 0 Å². The Morgan fingerprint density at radius 2 is 1.91 bits per heavy atom. The summed E-state index contributed by atoms with van der Waals surface area (Å²) in [7, 11) is 0. The van der Waals surface area contributed by atoms with Gasteiger partial charge in [0.25, 0.3) is 5.78 Å². The van der Waals surface area contributed by atoms with Crippen molar-refractivity contribution in [3.05, 3.63) is 66.7 Å². The third-order valence-electron chi connectivity index (χ3n) is 5.56. The Kier molecular flexibility index (Phi) is 5.36. The molecule has 2 aromatic carbocycles. The standard InChI is InChI=1S/C23H18F2N6O3/c24-15-8-19(21(32)33)30(12-15)23(34)27-16-6-7-18(25)17(9-16)20-28-22-26-10-14(11-31(22)29-20)13-4-2-1-3-5-13/h1-7,9-11,15,19H,8,12H2,(H,27,34)(H,32,33)/t15-,19+/m1/s1. The highest BCUT2D eigenvalue weighted by Gasteiger charge is 2.40. The maximum atomic E-state index is 14.6. The molecule has 2 N–H and O–H groups in total. The lowest BCUT2D eigenvalue weighted by molar-refractivity contribution is -0.141. The van der Waals surface area contributed by atoms with Crippen molar-refractivity contribution >= 4 is 23.5 Å². The van der Waals surface area contributed by atoms with E-state index in [1.807, 2.05) is 30.3 Å². The minimum Gasteiger partial charge on any atom is -0.480 e. The number of hydrogen-bond donors (Lipinski definition) is 2. The van der Waals surface area contributed by atoms with Gasteiger partial charge in [-0.2, -0.15) is 4.98 Å². The van der Waals surface area contributed by atoms with E-state index in [9.17, 15) is 23.5 Å². The van der Waals surface area contributed by atoms with Gasteiger partial charge in [0.2, 0.25) is 0 Å². The number of halogens is 2. The Balaban J connectivity index is 1.42. The lowest BCUT2D eigenvalue weighted by Crippen LogP contribution is -2.42. The maximum absolute atomic E-state index is 14.6. The first-order chi connectivity index (χ1) is 16.4. The van der Waals surface area contributed by atoms with Crippen molar-refractivity contribution in [3.63, 3.8) is 0 Å². The van der Waals surface area contributed by atoms with Gasteiger partial charge in [0.1, 0.15) is 18.0 Å². The molecule has 1 saturated heterocycles. The van der Waals surface area contributed by atoms with Gasteiger partial charge < -0.3 is 15.3 Å². The third kappa shape index (κ3) is 4.03. The zero-order valence-corrected chi connectivity index (χ0v) is 17.6. The Morgan fingerprint density at radius 3 is 2.68 bits per heavy atom. The zero-order valence-electron chi connectivity index (χ0n) is 17.6. The highest BCUT2D eigenvalue weighted by molar-refractivity contribution is 5.93. The number of nitrogens with one attached hydrogen (secondary N) is 1. The summed E-state index contributed by atoms with van der Waals surface area (Å²) in [6.45, 7) is -0.333. The van der Waals surface area contributed by atoms with E-state index in [-0.39, 0.29) is 35.8 Å². The molecule has 0 spiro atoms. The summed E-state index contributed by atoms with van der Waals surface area (Å²) < 4.78 is 29.8. The average molecular weight is 464 g/mol. The first-order valence-corrected chi connectivity index (χ1v) is 10.4. The van der Waals surface area contributed by atoms with Crippen LogP contribution in [0.25, 0.3) is 28.3 Å². The normalized spacial score (nSPS) is 17.8. The number of alkyl halides is 1. The molecular weight excluding hydrogens is 446 g/mol. The fraction of sp³-hybridized carbons (Fsp3) is 0.174. The molecule has 0 saturated carbocycles. The lowest BCUT2D eigenvalue weighted by atomic mass is 10.1. The van der Waals surface area contributed by atoms with Crippen molar-refractivity contribution in [2.24, 2.45) is 0 Å². The van der Waals surface area contributed by atoms with E-state index in [4.69, 9.17) is 0 Å². The first kappa shape index (κ1) is 21.4. The number of carboxylic acid groups (broad SMARTS) is 1. The molecule has 11 heteroatoms. The SMILES string of the molecule is O=C(O)[C@@H]1C[C@@H](F)CN1C(=O)Nc1ccc(F)c(-c2nc3ncc(-c4ccccc4)cn3n2)c1. The van der Waals surface area contributed by atoms with Gasteiger partial charge in [0.15, 0.2) is 5.82 Å². The quantitative estimate of drug-likeness (QED) is 0.477. The highest BCUT2D eigenvalue weighted by atomic mass is 19.1. The van der Waals surface area contributed by atoms with Gasteiger partial charge in [-0.1, -0.05) is 30.3 Å². The van der Waals surface area contributed by atoms with Gasteiger partial charge in [-0.25, -0.2) is 27.9 Å². The molecule has 3 heterocycles. The lowest BCUT2D eigenvalue weighted by Gasteiger charge is -2.21. The molecule has 2 amide bonds. The maximum Gasteiger partial charge on any atom is 0.326 e. The Morgan fingerprint density at radius 1 is 1.12 bits per heavy atom. The number of carboxylic acids is 1. The summed E-state index contributed by atoms with van der Waals surface area (Å²) in [5, 5.41) is 16.1. The van der Waals surface area contributed by atoms with Crippen LogP contribution in [0.4, 0.5) is 19.3 Å². The summed E-state index contributed by atoms with van der Waals surface area (Å²) in [5.41, 5.74) is 1.94. The summed E-state index contributed by atoms with van der Waals surface area (Å²) in [4.78, 5) is 33.4. The van der Waals surface area contributed by atoms with Gasteiger partial charge in [0, 0.05) is 30.1 Å². The number of aromatic nitrogens is 4. The molecule has 2 atom stereocenters. The molecule has 172 valence electrons. The number of hydrogen-bond acceptors (Lipinski definition) is 5. The van der Waals surface area contributed by atoms with Crippen LogP contribution in [-0.2, 0) is 4.79 Å². The second-order valence-corrected chi connectivity index (χ2v) is 7.85. The van der Waals surface area contributed by atoms with E-state index in [1.165, 1.54) is 16.6 Å². The summed E-state index contributed by atoms with van der Waals surface area (Å²) in [5.74, 6) is -1.59. The number of nitrogens with zero attached hydrogens (tertiary/aromatic N) is 5.